The van der Waals surface area contributed by atoms with Crippen LogP contribution in [0.2, 0.25) is 0 Å². The molecule has 1 spiro atoms. The number of aromatic nitrogens is 3. The predicted molar refractivity (Wildman–Crippen MR) is 139 cm³/mol. The normalized spacial score (nSPS) is 18.6. The fraction of sp³-hybridized carbons (Fsp3) is 0.462. The summed E-state index contributed by atoms with van der Waals surface area (Å²) in [6.45, 7) is 5.30. The van der Waals surface area contributed by atoms with E-state index in [2.05, 4.69) is 54.4 Å². The minimum atomic E-state index is -0.437. The van der Waals surface area contributed by atoms with E-state index < -0.39 is 12.1 Å². The minimum absolute atomic E-state index is 0.0345. The van der Waals surface area contributed by atoms with Gasteiger partial charge in [-0.1, -0.05) is 6.07 Å². The highest BCUT2D eigenvalue weighted by molar-refractivity contribution is 7.13. The number of halogens is 1. The first-order valence-electron chi connectivity index (χ1n) is 12.5. The van der Waals surface area contributed by atoms with Gasteiger partial charge in [-0.25, -0.2) is 9.97 Å². The number of amides is 1. The number of benzene rings is 1. The molecule has 36 heavy (non-hydrogen) atoms. The molecule has 0 unspecified atom stereocenters. The lowest BCUT2D eigenvalue weighted by molar-refractivity contribution is 0.0943. The van der Waals surface area contributed by atoms with Crippen LogP contribution in [0.1, 0.15) is 66.7 Å². The van der Waals surface area contributed by atoms with E-state index in [1.54, 1.807) is 0 Å². The van der Waals surface area contributed by atoms with Crippen molar-refractivity contribution in [1.29, 1.82) is 0 Å². The molecule has 4 N–H and O–H groups in total. The van der Waals surface area contributed by atoms with E-state index in [9.17, 15) is 9.18 Å². The van der Waals surface area contributed by atoms with Gasteiger partial charge in [-0.05, 0) is 62.8 Å². The summed E-state index contributed by atoms with van der Waals surface area (Å²) < 4.78 is 13.5. The second-order valence-corrected chi connectivity index (χ2v) is 11.4. The molecule has 0 atom stereocenters. The molecule has 3 heterocycles. The molecule has 1 amide bonds. The molecule has 188 valence electrons. The van der Waals surface area contributed by atoms with Crippen molar-refractivity contribution in [1.82, 2.24) is 25.6 Å². The van der Waals surface area contributed by atoms with Crippen molar-refractivity contribution in [2.75, 3.05) is 23.9 Å². The monoisotopic (exact) mass is 507 g/mol. The number of carbonyl (C=O) groups excluding carboxylic acids is 1. The fourth-order valence-electron chi connectivity index (χ4n) is 4.92. The molecular formula is C26H30FN7OS. The van der Waals surface area contributed by atoms with Gasteiger partial charge in [0, 0.05) is 47.2 Å². The maximum atomic E-state index is 13.5. The van der Waals surface area contributed by atoms with E-state index >= 15 is 0 Å². The number of thiazole rings is 1. The number of carbonyl (C=O) groups is 1. The van der Waals surface area contributed by atoms with E-state index in [1.807, 2.05) is 19.2 Å². The second-order valence-electron chi connectivity index (χ2n) is 10.5. The number of nitrogens with zero attached hydrogens (tertiary/aromatic N) is 3. The van der Waals surface area contributed by atoms with E-state index in [0.29, 0.717) is 27.9 Å². The van der Waals surface area contributed by atoms with Crippen LogP contribution in [-0.4, -0.2) is 40.1 Å². The lowest BCUT2D eigenvalue weighted by atomic mass is 9.88. The summed E-state index contributed by atoms with van der Waals surface area (Å²) in [5.41, 5.74) is 4.60. The lowest BCUT2D eigenvalue weighted by Gasteiger charge is -2.26. The topological polar surface area (TPSA) is 104 Å². The third-order valence-electron chi connectivity index (χ3n) is 7.40. The Balaban J connectivity index is 1.27. The van der Waals surface area contributed by atoms with Crippen molar-refractivity contribution in [3.05, 3.63) is 52.2 Å². The molecule has 0 radical (unpaired) electrons. The molecule has 0 bridgehead atoms. The smallest absolute Gasteiger partial charge is 0.256 e. The number of alkyl halides is 1. The quantitative estimate of drug-likeness (QED) is 0.351. The third-order valence-corrected chi connectivity index (χ3v) is 8.16. The van der Waals surface area contributed by atoms with Crippen LogP contribution >= 0.6 is 11.3 Å². The van der Waals surface area contributed by atoms with Gasteiger partial charge in [-0.15, -0.1) is 11.3 Å². The summed E-state index contributed by atoms with van der Waals surface area (Å²) in [6.07, 6.45) is 5.62. The lowest BCUT2D eigenvalue weighted by Crippen LogP contribution is -2.33. The predicted octanol–water partition coefficient (Wildman–Crippen LogP) is 4.69. The molecule has 2 aliphatic carbocycles. The number of hydrogen-bond donors (Lipinski definition) is 4. The molecule has 3 aromatic rings. The Labute approximate surface area is 213 Å². The molecular weight excluding hydrogens is 477 g/mol. The van der Waals surface area contributed by atoms with Gasteiger partial charge in [0.1, 0.15) is 12.2 Å². The average molecular weight is 508 g/mol. The van der Waals surface area contributed by atoms with Crippen molar-refractivity contribution in [2.45, 2.75) is 62.9 Å². The van der Waals surface area contributed by atoms with Gasteiger partial charge in [0.2, 0.25) is 5.95 Å². The van der Waals surface area contributed by atoms with E-state index in [4.69, 9.17) is 0 Å². The maximum Gasteiger partial charge on any atom is 0.256 e. The number of fused-ring (bicyclic) bond motifs is 2. The van der Waals surface area contributed by atoms with Crippen LogP contribution in [0, 0.1) is 0 Å². The Morgan fingerprint density at radius 2 is 2.03 bits per heavy atom. The van der Waals surface area contributed by atoms with Gasteiger partial charge in [0.15, 0.2) is 10.9 Å². The van der Waals surface area contributed by atoms with Crippen LogP contribution in [0.3, 0.4) is 0 Å². The SMILES string of the molecule is CC(C)NC(=O)c1cnc(Nc2ccc3c(c2)CNCC32CC2)nc1Nc1nc(C2(CF)CC2)cs1. The molecule has 0 saturated heterocycles. The Bertz CT molecular complexity index is 1320. The van der Waals surface area contributed by atoms with E-state index in [-0.39, 0.29) is 11.9 Å². The zero-order valence-corrected chi connectivity index (χ0v) is 21.3. The zero-order chi connectivity index (χ0) is 24.9. The van der Waals surface area contributed by atoms with Gasteiger partial charge >= 0.3 is 0 Å². The first-order chi connectivity index (χ1) is 17.4. The van der Waals surface area contributed by atoms with Gasteiger partial charge < -0.3 is 21.3 Å². The summed E-state index contributed by atoms with van der Waals surface area (Å²) in [5.74, 6) is 0.462. The number of hydrogen-bond acceptors (Lipinski definition) is 8. The fourth-order valence-corrected chi connectivity index (χ4v) is 5.75. The largest absolute Gasteiger partial charge is 0.350 e. The van der Waals surface area contributed by atoms with E-state index in [0.717, 1.165) is 37.3 Å². The van der Waals surface area contributed by atoms with Crippen molar-refractivity contribution < 1.29 is 9.18 Å². The van der Waals surface area contributed by atoms with Crippen molar-refractivity contribution >= 4 is 39.8 Å². The Morgan fingerprint density at radius 1 is 1.19 bits per heavy atom. The second kappa shape index (κ2) is 8.77. The molecule has 10 heteroatoms. The van der Waals surface area contributed by atoms with Crippen molar-refractivity contribution in [3.8, 4) is 0 Å². The van der Waals surface area contributed by atoms with Crippen LogP contribution in [0.5, 0.6) is 0 Å². The van der Waals surface area contributed by atoms with E-state index in [1.165, 1.54) is 41.5 Å². The van der Waals surface area contributed by atoms with Crippen LogP contribution in [0.15, 0.2) is 29.8 Å². The average Bonchev–Trinajstić information content (AvgIpc) is 3.77. The number of anilines is 4. The molecule has 3 aliphatic rings. The standard InChI is InChI=1S/C26H30FN7OS/c1-15(2)30-22(35)18-11-29-23(31-17-3-4-19-16(9-17)10-28-14-26(19)7-8-26)33-21(18)34-24-32-20(12-36-24)25(13-27)5-6-25/h3-4,9,11-12,15,28H,5-8,10,13-14H2,1-2H3,(H,30,35)(H2,29,31,32,33,34). The third kappa shape index (κ3) is 4.32. The summed E-state index contributed by atoms with van der Waals surface area (Å²) in [5, 5.41) is 15.4. The van der Waals surface area contributed by atoms with Crippen molar-refractivity contribution in [2.24, 2.45) is 0 Å². The highest BCUT2D eigenvalue weighted by atomic mass is 32.1. The molecule has 2 aromatic heterocycles. The van der Waals surface area contributed by atoms with Crippen LogP contribution in [-0.2, 0) is 17.4 Å². The highest BCUT2D eigenvalue weighted by Gasteiger charge is 2.47. The number of rotatable bonds is 8. The van der Waals surface area contributed by atoms with Crippen LogP contribution < -0.4 is 21.3 Å². The van der Waals surface area contributed by atoms with Crippen LogP contribution in [0.4, 0.5) is 27.0 Å². The Kier molecular flexibility index (Phi) is 5.68. The zero-order valence-electron chi connectivity index (χ0n) is 20.4. The Morgan fingerprint density at radius 3 is 2.75 bits per heavy atom. The number of nitrogens with one attached hydrogen (secondary N) is 4. The minimum Gasteiger partial charge on any atom is -0.350 e. The summed E-state index contributed by atoms with van der Waals surface area (Å²) >= 11 is 1.38. The molecule has 6 rings (SSSR count). The molecule has 1 aliphatic heterocycles. The molecule has 2 fully saturated rings. The molecule has 8 nitrogen and oxygen atoms in total. The Hall–Kier alpha value is -3.11. The van der Waals surface area contributed by atoms with Crippen LogP contribution in [0.25, 0.3) is 0 Å². The van der Waals surface area contributed by atoms with Crippen molar-refractivity contribution in [3.63, 3.8) is 0 Å². The molecule has 2 saturated carbocycles. The summed E-state index contributed by atoms with van der Waals surface area (Å²) in [4.78, 5) is 26.5. The van der Waals surface area contributed by atoms with Gasteiger partial charge in [-0.2, -0.15) is 4.98 Å². The van der Waals surface area contributed by atoms with Gasteiger partial charge in [0.05, 0.1) is 5.69 Å². The van der Waals surface area contributed by atoms with Gasteiger partial charge in [0.25, 0.3) is 5.91 Å². The maximum absolute atomic E-state index is 13.5. The first-order valence-corrected chi connectivity index (χ1v) is 13.4. The molecule has 1 aromatic carbocycles. The highest BCUT2D eigenvalue weighted by Crippen LogP contribution is 2.51. The summed E-state index contributed by atoms with van der Waals surface area (Å²) in [6, 6.07) is 6.40. The van der Waals surface area contributed by atoms with Gasteiger partial charge in [-0.3, -0.25) is 9.18 Å². The first kappa shape index (κ1) is 23.3. The summed E-state index contributed by atoms with van der Waals surface area (Å²) in [7, 11) is 0.